The summed E-state index contributed by atoms with van der Waals surface area (Å²) >= 11 is 0. The van der Waals surface area contributed by atoms with Crippen molar-refractivity contribution in [1.29, 1.82) is 0 Å². The van der Waals surface area contributed by atoms with Crippen molar-refractivity contribution in [2.75, 3.05) is 32.7 Å². The highest BCUT2D eigenvalue weighted by Crippen LogP contribution is 2.29. The third kappa shape index (κ3) is 3.16. The molecule has 2 aromatic rings. The summed E-state index contributed by atoms with van der Waals surface area (Å²) in [7, 11) is 0. The predicted molar refractivity (Wildman–Crippen MR) is 97.0 cm³/mol. The Bertz CT molecular complexity index is 889. The van der Waals surface area contributed by atoms with E-state index in [1.807, 2.05) is 12.3 Å². The molecular weight excluding hydrogens is 335 g/mol. The number of carbonyl (C=O) groups excluding carboxylic acids is 2. The van der Waals surface area contributed by atoms with Crippen molar-refractivity contribution in [3.63, 3.8) is 0 Å². The Labute approximate surface area is 150 Å². The summed E-state index contributed by atoms with van der Waals surface area (Å²) < 4.78 is 13.3. The van der Waals surface area contributed by atoms with E-state index in [9.17, 15) is 14.0 Å². The number of rotatable bonds is 3. The van der Waals surface area contributed by atoms with Gasteiger partial charge in [0.1, 0.15) is 12.4 Å². The molecule has 1 aromatic carbocycles. The van der Waals surface area contributed by atoms with E-state index >= 15 is 0 Å². The van der Waals surface area contributed by atoms with Crippen LogP contribution >= 0.6 is 0 Å². The van der Waals surface area contributed by atoms with Gasteiger partial charge in [-0.25, -0.2) is 9.18 Å². The van der Waals surface area contributed by atoms with Gasteiger partial charge in [0.25, 0.3) is 0 Å². The Morgan fingerprint density at radius 2 is 2.15 bits per heavy atom. The second-order valence-corrected chi connectivity index (χ2v) is 6.72. The van der Waals surface area contributed by atoms with E-state index in [-0.39, 0.29) is 24.3 Å². The number of urea groups is 1. The summed E-state index contributed by atoms with van der Waals surface area (Å²) in [6, 6.07) is 4.57. The lowest BCUT2D eigenvalue weighted by molar-refractivity contribution is -0.131. The van der Waals surface area contributed by atoms with E-state index in [0.29, 0.717) is 26.2 Å². The van der Waals surface area contributed by atoms with E-state index in [2.05, 4.69) is 10.3 Å². The van der Waals surface area contributed by atoms with Crippen molar-refractivity contribution >= 4 is 28.4 Å². The first kappa shape index (κ1) is 16.6. The minimum atomic E-state index is -0.262. The van der Waals surface area contributed by atoms with E-state index in [0.717, 1.165) is 34.9 Å². The van der Waals surface area contributed by atoms with Crippen LogP contribution in [0.15, 0.2) is 30.5 Å². The van der Waals surface area contributed by atoms with Gasteiger partial charge in [0, 0.05) is 48.8 Å². The topological polar surface area (TPSA) is 68.4 Å². The molecule has 6 nitrogen and oxygen atoms in total. The molecule has 0 bridgehead atoms. The number of hydrogen-bond acceptors (Lipinski definition) is 2. The Balaban J connectivity index is 1.44. The third-order valence-electron chi connectivity index (χ3n) is 5.05. The highest BCUT2D eigenvalue weighted by atomic mass is 19.1. The van der Waals surface area contributed by atoms with Crippen molar-refractivity contribution in [3.05, 3.63) is 41.9 Å². The summed E-state index contributed by atoms with van der Waals surface area (Å²) in [5.74, 6) is -0.291. The van der Waals surface area contributed by atoms with Gasteiger partial charge in [-0.1, -0.05) is 6.08 Å². The summed E-state index contributed by atoms with van der Waals surface area (Å²) in [6.07, 6.45) is 5.54. The number of aromatic amines is 1. The number of nitrogens with zero attached hydrogens (tertiary/aromatic N) is 2. The number of carbonyl (C=O) groups is 2. The smallest absolute Gasteiger partial charge is 0.317 e. The van der Waals surface area contributed by atoms with Crippen LogP contribution in [0.5, 0.6) is 0 Å². The number of fused-ring (bicyclic) bond motifs is 1. The average Bonchev–Trinajstić information content (AvgIpc) is 3.06. The number of H-pyrrole nitrogens is 1. The summed E-state index contributed by atoms with van der Waals surface area (Å²) in [5.41, 5.74) is 2.99. The average molecular weight is 356 g/mol. The molecule has 1 saturated heterocycles. The molecule has 1 fully saturated rings. The van der Waals surface area contributed by atoms with Crippen LogP contribution in [-0.4, -0.2) is 59.4 Å². The molecule has 0 saturated carbocycles. The molecule has 3 heterocycles. The van der Waals surface area contributed by atoms with Crippen LogP contribution in [-0.2, 0) is 4.79 Å². The first-order chi connectivity index (χ1) is 12.6. The molecule has 1 aromatic heterocycles. The molecule has 0 atom stereocenters. The molecule has 2 aliphatic heterocycles. The summed E-state index contributed by atoms with van der Waals surface area (Å²) in [6.45, 7) is 2.57. The third-order valence-corrected chi connectivity index (χ3v) is 5.05. The molecule has 7 heteroatoms. The van der Waals surface area contributed by atoms with Gasteiger partial charge in [0.15, 0.2) is 0 Å². The molecule has 0 radical (unpaired) electrons. The number of hydrogen-bond donors (Lipinski definition) is 2. The van der Waals surface area contributed by atoms with Gasteiger partial charge in [-0.3, -0.25) is 4.79 Å². The molecule has 2 N–H and O–H groups in total. The second-order valence-electron chi connectivity index (χ2n) is 6.72. The lowest BCUT2D eigenvalue weighted by atomic mass is 9.99. The zero-order valence-corrected chi connectivity index (χ0v) is 14.4. The maximum absolute atomic E-state index is 13.3. The lowest BCUT2D eigenvalue weighted by Gasteiger charge is -2.31. The number of benzene rings is 1. The second kappa shape index (κ2) is 6.82. The van der Waals surface area contributed by atoms with Gasteiger partial charge in [-0.15, -0.1) is 0 Å². The number of halogens is 1. The zero-order valence-electron chi connectivity index (χ0n) is 14.4. The first-order valence-electron chi connectivity index (χ1n) is 8.88. The minimum Gasteiger partial charge on any atom is -0.360 e. The zero-order chi connectivity index (χ0) is 18.1. The van der Waals surface area contributed by atoms with Gasteiger partial charge < -0.3 is 20.1 Å². The van der Waals surface area contributed by atoms with Gasteiger partial charge in [0.2, 0.25) is 5.91 Å². The molecule has 136 valence electrons. The lowest BCUT2D eigenvalue weighted by Crippen LogP contribution is -2.51. The van der Waals surface area contributed by atoms with E-state index in [1.54, 1.807) is 15.9 Å². The van der Waals surface area contributed by atoms with Gasteiger partial charge in [0.05, 0.1) is 0 Å². The Morgan fingerprint density at radius 3 is 2.92 bits per heavy atom. The van der Waals surface area contributed by atoms with Crippen LogP contribution < -0.4 is 5.32 Å². The Hall–Kier alpha value is -2.83. The summed E-state index contributed by atoms with van der Waals surface area (Å²) in [5, 5.41) is 3.75. The maximum Gasteiger partial charge on any atom is 0.317 e. The van der Waals surface area contributed by atoms with Crippen molar-refractivity contribution in [1.82, 2.24) is 20.1 Å². The fraction of sp³-hybridized carbons (Fsp3) is 0.368. The SMILES string of the molecule is O=C(CN1CCCNC1=O)N1CC=C(c2c[nH]c3cc(F)ccc23)CC1. The van der Waals surface area contributed by atoms with Gasteiger partial charge >= 0.3 is 6.03 Å². The van der Waals surface area contributed by atoms with E-state index < -0.39 is 0 Å². The minimum absolute atomic E-state index is 0.0293. The van der Waals surface area contributed by atoms with Crippen molar-refractivity contribution in [3.8, 4) is 0 Å². The molecule has 0 spiro atoms. The van der Waals surface area contributed by atoms with E-state index in [4.69, 9.17) is 0 Å². The van der Waals surface area contributed by atoms with Crippen LogP contribution in [0.4, 0.5) is 9.18 Å². The van der Waals surface area contributed by atoms with Crippen molar-refractivity contribution in [2.24, 2.45) is 0 Å². The number of aromatic nitrogens is 1. The van der Waals surface area contributed by atoms with Crippen molar-refractivity contribution < 1.29 is 14.0 Å². The monoisotopic (exact) mass is 356 g/mol. The number of nitrogens with one attached hydrogen (secondary N) is 2. The number of amides is 3. The first-order valence-corrected chi connectivity index (χ1v) is 8.88. The highest BCUT2D eigenvalue weighted by molar-refractivity contribution is 5.93. The Morgan fingerprint density at radius 1 is 1.27 bits per heavy atom. The standard InChI is InChI=1S/C19H21FN4O2/c20-14-2-3-15-16(11-22-17(15)10-14)13-4-8-23(9-5-13)18(25)12-24-7-1-6-21-19(24)26/h2-4,10-11,22H,1,5-9,12H2,(H,21,26). The predicted octanol–water partition coefficient (Wildman–Crippen LogP) is 2.34. The molecule has 0 unspecified atom stereocenters. The van der Waals surface area contributed by atoms with Crippen LogP contribution in [0.25, 0.3) is 16.5 Å². The highest BCUT2D eigenvalue weighted by Gasteiger charge is 2.24. The van der Waals surface area contributed by atoms with Gasteiger partial charge in [-0.2, -0.15) is 0 Å². The van der Waals surface area contributed by atoms with Gasteiger partial charge in [-0.05, 0) is 36.6 Å². The molecule has 26 heavy (non-hydrogen) atoms. The quantitative estimate of drug-likeness (QED) is 0.886. The van der Waals surface area contributed by atoms with Crippen molar-refractivity contribution in [2.45, 2.75) is 12.8 Å². The molecule has 2 aliphatic rings. The molecular formula is C19H21FN4O2. The van der Waals surface area contributed by atoms with E-state index in [1.165, 1.54) is 12.1 Å². The molecule has 0 aliphatic carbocycles. The Kier molecular flexibility index (Phi) is 4.36. The van der Waals surface area contributed by atoms with Crippen LogP contribution in [0.3, 0.4) is 0 Å². The summed E-state index contributed by atoms with van der Waals surface area (Å²) in [4.78, 5) is 30.7. The molecule has 3 amide bonds. The van der Waals surface area contributed by atoms with Crippen LogP contribution in [0.2, 0.25) is 0 Å². The van der Waals surface area contributed by atoms with Crippen LogP contribution in [0, 0.1) is 5.82 Å². The van der Waals surface area contributed by atoms with Crippen LogP contribution in [0.1, 0.15) is 18.4 Å². The molecule has 4 rings (SSSR count). The fourth-order valence-electron chi connectivity index (χ4n) is 3.60. The largest absolute Gasteiger partial charge is 0.360 e. The fourth-order valence-corrected chi connectivity index (χ4v) is 3.60. The maximum atomic E-state index is 13.3. The normalized spacial score (nSPS) is 18.0.